The molecule has 29 heavy (non-hydrogen) atoms. The fraction of sp³-hybridized carbons (Fsp3) is 0.591. The van der Waals surface area contributed by atoms with Crippen molar-refractivity contribution in [3.05, 3.63) is 34.9 Å². The van der Waals surface area contributed by atoms with Crippen molar-refractivity contribution in [3.63, 3.8) is 0 Å². The molecule has 1 aromatic rings. The highest BCUT2D eigenvalue weighted by molar-refractivity contribution is 6.05. The van der Waals surface area contributed by atoms with E-state index in [9.17, 15) is 14.4 Å². The third kappa shape index (κ3) is 4.21. The van der Waals surface area contributed by atoms with Gasteiger partial charge in [-0.2, -0.15) is 0 Å². The summed E-state index contributed by atoms with van der Waals surface area (Å²) in [6.45, 7) is 2.14. The maximum Gasteiger partial charge on any atom is 0.255 e. The summed E-state index contributed by atoms with van der Waals surface area (Å²) in [6.07, 6.45) is 5.19. The number of nitrogens with two attached hydrogens (primary N) is 1. The van der Waals surface area contributed by atoms with Crippen molar-refractivity contribution in [1.82, 2.24) is 15.1 Å². The lowest BCUT2D eigenvalue weighted by molar-refractivity contribution is -0.136. The van der Waals surface area contributed by atoms with Crippen LogP contribution in [0.1, 0.15) is 60.0 Å². The van der Waals surface area contributed by atoms with Gasteiger partial charge in [0.25, 0.3) is 5.91 Å². The molecule has 3 aliphatic rings. The minimum absolute atomic E-state index is 0.0952. The zero-order valence-electron chi connectivity index (χ0n) is 17.0. The van der Waals surface area contributed by atoms with Crippen LogP contribution in [0.4, 0.5) is 0 Å². The number of rotatable bonds is 5. The fourth-order valence-corrected chi connectivity index (χ4v) is 4.99. The second kappa shape index (κ2) is 8.24. The number of carbonyl (C=O) groups excluding carboxylic acids is 3. The first-order valence-corrected chi connectivity index (χ1v) is 10.6. The number of imide groups is 1. The molecule has 7 nitrogen and oxygen atoms in total. The number of carbonyl (C=O) groups is 3. The molecule has 2 aliphatic heterocycles. The van der Waals surface area contributed by atoms with E-state index in [-0.39, 0.29) is 24.1 Å². The lowest BCUT2D eigenvalue weighted by atomic mass is 9.86. The minimum atomic E-state index is -0.565. The Bertz CT molecular complexity index is 816. The van der Waals surface area contributed by atoms with Gasteiger partial charge in [-0.05, 0) is 56.2 Å². The van der Waals surface area contributed by atoms with Crippen molar-refractivity contribution in [2.75, 3.05) is 13.6 Å². The Morgan fingerprint density at radius 1 is 1.14 bits per heavy atom. The molecule has 4 rings (SSSR count). The maximum atomic E-state index is 13.2. The molecule has 1 unspecified atom stereocenters. The number of benzene rings is 1. The highest BCUT2D eigenvalue weighted by atomic mass is 16.2. The molecule has 1 aromatic carbocycles. The van der Waals surface area contributed by atoms with E-state index in [4.69, 9.17) is 5.73 Å². The molecule has 0 aromatic heterocycles. The Balaban J connectivity index is 1.44. The normalized spacial score (nSPS) is 27.3. The summed E-state index contributed by atoms with van der Waals surface area (Å²) in [6, 6.07) is 5.75. The van der Waals surface area contributed by atoms with Gasteiger partial charge in [0.2, 0.25) is 11.8 Å². The van der Waals surface area contributed by atoms with Crippen LogP contribution in [0.2, 0.25) is 0 Å². The number of hydrogen-bond donors (Lipinski definition) is 2. The second-order valence-electron chi connectivity index (χ2n) is 8.83. The standard InChI is InChI=1S/C22H30N4O3/c1-25(11-14-5-7-17(23)8-6-14)12-15-3-2-4-16-13-26(22(29)20(15)16)18-9-10-19(27)24-21(18)28/h2-4,14,17-18H,5-13,23H2,1H3,(H,24,27,28). The van der Waals surface area contributed by atoms with E-state index in [1.807, 2.05) is 18.2 Å². The summed E-state index contributed by atoms with van der Waals surface area (Å²) in [4.78, 5) is 40.8. The Morgan fingerprint density at radius 2 is 1.90 bits per heavy atom. The van der Waals surface area contributed by atoms with Crippen LogP contribution < -0.4 is 11.1 Å². The molecule has 3 N–H and O–H groups in total. The molecular formula is C22H30N4O3. The molecule has 1 saturated carbocycles. The zero-order valence-corrected chi connectivity index (χ0v) is 17.0. The Hall–Kier alpha value is -2.25. The van der Waals surface area contributed by atoms with Gasteiger partial charge in [-0.15, -0.1) is 0 Å². The number of piperidine rings is 1. The number of amides is 3. The summed E-state index contributed by atoms with van der Waals surface area (Å²) in [5, 5.41) is 2.36. The molecule has 2 fully saturated rings. The van der Waals surface area contributed by atoms with Crippen LogP contribution in [0.3, 0.4) is 0 Å². The van der Waals surface area contributed by atoms with E-state index in [1.54, 1.807) is 4.90 Å². The van der Waals surface area contributed by atoms with Gasteiger partial charge in [0.1, 0.15) is 6.04 Å². The number of hydrogen-bond acceptors (Lipinski definition) is 5. The molecule has 2 heterocycles. The SMILES string of the molecule is CN(Cc1cccc2c1C(=O)N(C1CCC(=O)NC1=O)C2)CC1CCC(N)CC1. The molecule has 1 atom stereocenters. The van der Waals surface area contributed by atoms with Crippen LogP contribution >= 0.6 is 0 Å². The van der Waals surface area contributed by atoms with Crippen LogP contribution in [0, 0.1) is 5.92 Å². The van der Waals surface area contributed by atoms with Gasteiger partial charge in [0.15, 0.2) is 0 Å². The first-order valence-electron chi connectivity index (χ1n) is 10.6. The third-order valence-electron chi connectivity index (χ3n) is 6.54. The predicted octanol–water partition coefficient (Wildman–Crippen LogP) is 1.40. The highest BCUT2D eigenvalue weighted by Crippen LogP contribution is 2.31. The molecule has 0 radical (unpaired) electrons. The quantitative estimate of drug-likeness (QED) is 0.731. The van der Waals surface area contributed by atoms with Crippen LogP contribution in [0.25, 0.3) is 0 Å². The Kier molecular flexibility index (Phi) is 5.69. The van der Waals surface area contributed by atoms with E-state index in [1.165, 1.54) is 12.8 Å². The molecule has 1 saturated heterocycles. The first-order chi connectivity index (χ1) is 13.9. The number of nitrogens with one attached hydrogen (secondary N) is 1. The number of fused-ring (bicyclic) bond motifs is 1. The van der Waals surface area contributed by atoms with Gasteiger partial charge in [-0.1, -0.05) is 18.2 Å². The minimum Gasteiger partial charge on any atom is -0.328 e. The Labute approximate surface area is 171 Å². The van der Waals surface area contributed by atoms with E-state index >= 15 is 0 Å². The third-order valence-corrected chi connectivity index (χ3v) is 6.54. The average Bonchev–Trinajstić information content (AvgIpc) is 3.01. The summed E-state index contributed by atoms with van der Waals surface area (Å²) in [5.41, 5.74) is 8.73. The average molecular weight is 399 g/mol. The van der Waals surface area contributed by atoms with Crippen LogP contribution in [-0.4, -0.2) is 53.2 Å². The van der Waals surface area contributed by atoms with Crippen LogP contribution in [0.5, 0.6) is 0 Å². The van der Waals surface area contributed by atoms with Gasteiger partial charge in [0, 0.05) is 37.7 Å². The monoisotopic (exact) mass is 398 g/mol. The fourth-order valence-electron chi connectivity index (χ4n) is 4.99. The van der Waals surface area contributed by atoms with Crippen molar-refractivity contribution >= 4 is 17.7 Å². The summed E-state index contributed by atoms with van der Waals surface area (Å²) in [7, 11) is 2.10. The second-order valence-corrected chi connectivity index (χ2v) is 8.83. The van der Waals surface area contributed by atoms with Crippen molar-refractivity contribution in [1.29, 1.82) is 0 Å². The highest BCUT2D eigenvalue weighted by Gasteiger charge is 2.40. The van der Waals surface area contributed by atoms with E-state index in [0.717, 1.165) is 36.1 Å². The van der Waals surface area contributed by atoms with Gasteiger partial charge >= 0.3 is 0 Å². The maximum absolute atomic E-state index is 13.2. The lowest BCUT2D eigenvalue weighted by Gasteiger charge is -2.30. The van der Waals surface area contributed by atoms with Crippen LogP contribution in [0.15, 0.2) is 18.2 Å². The molecule has 0 bridgehead atoms. The van der Waals surface area contributed by atoms with Crippen molar-refractivity contribution in [3.8, 4) is 0 Å². The van der Waals surface area contributed by atoms with Crippen LogP contribution in [-0.2, 0) is 22.7 Å². The van der Waals surface area contributed by atoms with Crippen molar-refractivity contribution in [2.24, 2.45) is 11.7 Å². The molecule has 156 valence electrons. The van der Waals surface area contributed by atoms with Gasteiger partial charge < -0.3 is 15.5 Å². The molecular weight excluding hydrogens is 368 g/mol. The Morgan fingerprint density at radius 3 is 2.62 bits per heavy atom. The van der Waals surface area contributed by atoms with E-state index < -0.39 is 6.04 Å². The topological polar surface area (TPSA) is 95.7 Å². The van der Waals surface area contributed by atoms with Crippen molar-refractivity contribution in [2.45, 2.75) is 63.7 Å². The van der Waals surface area contributed by atoms with Gasteiger partial charge in [0.05, 0.1) is 0 Å². The summed E-state index contributed by atoms with van der Waals surface area (Å²) < 4.78 is 0. The first kappa shape index (κ1) is 20.0. The van der Waals surface area contributed by atoms with Gasteiger partial charge in [-0.25, -0.2) is 0 Å². The lowest BCUT2D eigenvalue weighted by Crippen LogP contribution is -2.52. The van der Waals surface area contributed by atoms with E-state index in [2.05, 4.69) is 17.3 Å². The zero-order chi connectivity index (χ0) is 20.5. The predicted molar refractivity (Wildman–Crippen MR) is 109 cm³/mol. The van der Waals surface area contributed by atoms with Crippen molar-refractivity contribution < 1.29 is 14.4 Å². The molecule has 1 aliphatic carbocycles. The molecule has 0 spiro atoms. The smallest absolute Gasteiger partial charge is 0.255 e. The largest absolute Gasteiger partial charge is 0.328 e. The van der Waals surface area contributed by atoms with E-state index in [0.29, 0.717) is 31.5 Å². The number of nitrogens with zero attached hydrogens (tertiary/aromatic N) is 2. The van der Waals surface area contributed by atoms with Gasteiger partial charge in [-0.3, -0.25) is 19.7 Å². The summed E-state index contributed by atoms with van der Waals surface area (Å²) >= 11 is 0. The molecule has 3 amide bonds. The summed E-state index contributed by atoms with van der Waals surface area (Å²) in [5.74, 6) is -0.0626. The molecule has 7 heteroatoms.